The first-order valence-corrected chi connectivity index (χ1v) is 7.51. The van der Waals surface area contributed by atoms with Gasteiger partial charge in [-0.2, -0.15) is 0 Å². The number of benzene rings is 1. The summed E-state index contributed by atoms with van der Waals surface area (Å²) < 4.78 is 13.3. The molecule has 2 amide bonds. The highest BCUT2D eigenvalue weighted by Gasteiger charge is 2.28. The normalized spacial score (nSPS) is 24.9. The van der Waals surface area contributed by atoms with E-state index in [0.29, 0.717) is 12.8 Å². The molecule has 1 aromatic rings. The zero-order valence-electron chi connectivity index (χ0n) is 11.8. The zero-order chi connectivity index (χ0) is 14.8. The summed E-state index contributed by atoms with van der Waals surface area (Å²) in [6, 6.07) is 4.23. The van der Waals surface area contributed by atoms with E-state index in [1.165, 1.54) is 6.07 Å². The van der Waals surface area contributed by atoms with Gasteiger partial charge in [-0.15, -0.1) is 0 Å². The van der Waals surface area contributed by atoms with E-state index in [2.05, 4.69) is 10.6 Å². The maximum Gasteiger partial charge on any atom is 0.243 e. The van der Waals surface area contributed by atoms with Gasteiger partial charge in [-0.05, 0) is 55.4 Å². The van der Waals surface area contributed by atoms with Crippen molar-refractivity contribution in [1.29, 1.82) is 0 Å². The van der Waals surface area contributed by atoms with E-state index in [1.807, 2.05) is 0 Å². The number of rotatable bonds is 2. The van der Waals surface area contributed by atoms with Gasteiger partial charge in [0.15, 0.2) is 0 Å². The number of piperidine rings is 1. The van der Waals surface area contributed by atoms with Crippen LogP contribution in [-0.2, 0) is 16.0 Å². The molecule has 2 aliphatic rings. The number of amides is 2. The Morgan fingerprint density at radius 2 is 2.05 bits per heavy atom. The molecule has 1 aromatic carbocycles. The van der Waals surface area contributed by atoms with Crippen LogP contribution < -0.4 is 10.6 Å². The third kappa shape index (κ3) is 3.06. The second kappa shape index (κ2) is 5.84. The summed E-state index contributed by atoms with van der Waals surface area (Å²) in [6.45, 7) is 0. The van der Waals surface area contributed by atoms with E-state index < -0.39 is 6.04 Å². The number of carbonyl (C=O) groups excluding carboxylic acids is 2. The van der Waals surface area contributed by atoms with Crippen molar-refractivity contribution in [3.8, 4) is 0 Å². The van der Waals surface area contributed by atoms with Crippen molar-refractivity contribution < 1.29 is 14.0 Å². The van der Waals surface area contributed by atoms with Crippen LogP contribution in [0.1, 0.15) is 49.3 Å². The lowest BCUT2D eigenvalue weighted by atomic mass is 9.87. The lowest BCUT2D eigenvalue weighted by Gasteiger charge is -2.29. The van der Waals surface area contributed by atoms with E-state index in [4.69, 9.17) is 0 Å². The lowest BCUT2D eigenvalue weighted by molar-refractivity contribution is -0.131. The number of hydrogen-bond acceptors (Lipinski definition) is 2. The smallest absolute Gasteiger partial charge is 0.243 e. The average Bonchev–Trinajstić information content (AvgIpc) is 2.47. The molecule has 2 atom stereocenters. The number of nitrogens with one attached hydrogen (secondary N) is 2. The molecular weight excluding hydrogens is 271 g/mol. The molecule has 1 heterocycles. The Morgan fingerprint density at radius 3 is 2.86 bits per heavy atom. The molecule has 0 bridgehead atoms. The Balaban J connectivity index is 1.71. The van der Waals surface area contributed by atoms with Crippen LogP contribution in [0, 0.1) is 5.82 Å². The predicted molar refractivity (Wildman–Crippen MR) is 76.0 cm³/mol. The molecule has 4 nitrogen and oxygen atoms in total. The molecule has 0 radical (unpaired) electrons. The van der Waals surface area contributed by atoms with Crippen molar-refractivity contribution in [3.05, 3.63) is 35.1 Å². The van der Waals surface area contributed by atoms with Crippen molar-refractivity contribution in [2.24, 2.45) is 0 Å². The first kappa shape index (κ1) is 14.0. The fraction of sp³-hybridized carbons (Fsp3) is 0.500. The Kier molecular flexibility index (Phi) is 3.90. The molecule has 1 saturated heterocycles. The summed E-state index contributed by atoms with van der Waals surface area (Å²) in [5, 5.41) is 5.74. The Labute approximate surface area is 123 Å². The van der Waals surface area contributed by atoms with Gasteiger partial charge in [-0.25, -0.2) is 4.39 Å². The molecule has 0 aromatic heterocycles. The topological polar surface area (TPSA) is 58.2 Å². The van der Waals surface area contributed by atoms with Gasteiger partial charge in [0, 0.05) is 6.42 Å². The van der Waals surface area contributed by atoms with Gasteiger partial charge < -0.3 is 10.6 Å². The molecule has 0 unspecified atom stereocenters. The number of carbonyl (C=O) groups is 2. The van der Waals surface area contributed by atoms with E-state index in [1.54, 1.807) is 12.1 Å². The monoisotopic (exact) mass is 290 g/mol. The van der Waals surface area contributed by atoms with Gasteiger partial charge in [-0.3, -0.25) is 9.59 Å². The number of fused-ring (bicyclic) bond motifs is 1. The first-order chi connectivity index (χ1) is 10.1. The van der Waals surface area contributed by atoms with Gasteiger partial charge in [0.25, 0.3) is 0 Å². The lowest BCUT2D eigenvalue weighted by Crippen LogP contribution is -2.50. The minimum absolute atomic E-state index is 0.0625. The molecule has 2 N–H and O–H groups in total. The fourth-order valence-electron chi connectivity index (χ4n) is 3.21. The van der Waals surface area contributed by atoms with E-state index in [9.17, 15) is 14.0 Å². The molecule has 0 saturated carbocycles. The summed E-state index contributed by atoms with van der Waals surface area (Å²) >= 11 is 0. The largest absolute Gasteiger partial charge is 0.348 e. The second-order valence-electron chi connectivity index (χ2n) is 5.81. The second-order valence-corrected chi connectivity index (χ2v) is 5.81. The molecule has 1 fully saturated rings. The van der Waals surface area contributed by atoms with Crippen LogP contribution >= 0.6 is 0 Å². The molecule has 3 rings (SSSR count). The van der Waals surface area contributed by atoms with Crippen molar-refractivity contribution >= 4 is 11.8 Å². The van der Waals surface area contributed by atoms with Crippen molar-refractivity contribution in [1.82, 2.24) is 10.6 Å². The quantitative estimate of drug-likeness (QED) is 0.875. The van der Waals surface area contributed by atoms with Crippen molar-refractivity contribution in [2.45, 2.75) is 50.6 Å². The molecule has 5 heteroatoms. The molecule has 1 aliphatic carbocycles. The average molecular weight is 290 g/mol. The summed E-state index contributed by atoms with van der Waals surface area (Å²) in [4.78, 5) is 23.7. The zero-order valence-corrected chi connectivity index (χ0v) is 11.8. The van der Waals surface area contributed by atoms with Crippen LogP contribution in [-0.4, -0.2) is 17.9 Å². The van der Waals surface area contributed by atoms with Crippen LogP contribution in [0.3, 0.4) is 0 Å². The van der Waals surface area contributed by atoms with Gasteiger partial charge >= 0.3 is 0 Å². The number of hydrogen-bond donors (Lipinski definition) is 2. The number of aryl methyl sites for hydroxylation is 1. The fourth-order valence-corrected chi connectivity index (χ4v) is 3.21. The maximum absolute atomic E-state index is 13.3. The highest BCUT2D eigenvalue weighted by Crippen LogP contribution is 2.30. The van der Waals surface area contributed by atoms with Crippen LogP contribution in [0.2, 0.25) is 0 Å². The van der Waals surface area contributed by atoms with Crippen LogP contribution in [0.25, 0.3) is 0 Å². The highest BCUT2D eigenvalue weighted by molar-refractivity contribution is 5.88. The minimum Gasteiger partial charge on any atom is -0.348 e. The molecule has 21 heavy (non-hydrogen) atoms. The van der Waals surface area contributed by atoms with Crippen molar-refractivity contribution in [3.63, 3.8) is 0 Å². The maximum atomic E-state index is 13.3. The van der Waals surface area contributed by atoms with Gasteiger partial charge in [0.2, 0.25) is 11.8 Å². The Morgan fingerprint density at radius 1 is 1.24 bits per heavy atom. The van der Waals surface area contributed by atoms with E-state index in [0.717, 1.165) is 36.8 Å². The van der Waals surface area contributed by atoms with Gasteiger partial charge in [0.05, 0.1) is 6.04 Å². The number of halogens is 1. The standard InChI is InChI=1S/C16H19FN2O2/c17-11-7-8-12-10(9-11)3-1-4-13(12)19-16(21)14-5-2-6-15(20)18-14/h7-9,13-14H,1-6H2,(H,18,20)(H,19,21)/t13-,14-/m1/s1. The highest BCUT2D eigenvalue weighted by atomic mass is 19.1. The molecule has 112 valence electrons. The summed E-state index contributed by atoms with van der Waals surface area (Å²) in [5.41, 5.74) is 1.97. The minimum atomic E-state index is -0.433. The first-order valence-electron chi connectivity index (χ1n) is 7.51. The Hall–Kier alpha value is -1.91. The summed E-state index contributed by atoms with van der Waals surface area (Å²) in [6.07, 6.45) is 4.55. The van der Waals surface area contributed by atoms with Gasteiger partial charge in [-0.1, -0.05) is 6.07 Å². The van der Waals surface area contributed by atoms with E-state index >= 15 is 0 Å². The van der Waals surface area contributed by atoms with Crippen LogP contribution in [0.15, 0.2) is 18.2 Å². The van der Waals surface area contributed by atoms with Gasteiger partial charge in [0.1, 0.15) is 11.9 Å². The third-order valence-corrected chi connectivity index (χ3v) is 4.28. The third-order valence-electron chi connectivity index (χ3n) is 4.28. The predicted octanol–water partition coefficient (Wildman–Crippen LogP) is 1.99. The summed E-state index contributed by atoms with van der Waals surface area (Å²) in [7, 11) is 0. The summed E-state index contributed by atoms with van der Waals surface area (Å²) in [5.74, 6) is -0.432. The van der Waals surface area contributed by atoms with Crippen molar-refractivity contribution in [2.75, 3.05) is 0 Å². The van der Waals surface area contributed by atoms with Crippen LogP contribution in [0.5, 0.6) is 0 Å². The van der Waals surface area contributed by atoms with E-state index in [-0.39, 0.29) is 23.7 Å². The SMILES string of the molecule is O=C1CCC[C@H](C(=O)N[C@@H]2CCCc3cc(F)ccc32)N1. The molecule has 0 spiro atoms. The Bertz CT molecular complexity index is 573. The van der Waals surface area contributed by atoms with Crippen LogP contribution in [0.4, 0.5) is 4.39 Å². The molecule has 1 aliphatic heterocycles. The molecular formula is C16H19FN2O2.